The van der Waals surface area contributed by atoms with Crippen LogP contribution in [0.15, 0.2) is 48.8 Å². The highest BCUT2D eigenvalue weighted by Gasteiger charge is 2.51. The van der Waals surface area contributed by atoms with Gasteiger partial charge < -0.3 is 4.98 Å². The average Bonchev–Trinajstić information content (AvgIpc) is 3.24. The molecule has 3 aromatic rings. The lowest BCUT2D eigenvalue weighted by Gasteiger charge is -2.34. The van der Waals surface area contributed by atoms with Crippen molar-refractivity contribution in [3.8, 4) is 0 Å². The molecule has 4 nitrogen and oxygen atoms in total. The molecule has 0 bridgehead atoms. The highest BCUT2D eigenvalue weighted by atomic mass is 15.5. The minimum absolute atomic E-state index is 0.374. The van der Waals surface area contributed by atoms with Crippen molar-refractivity contribution in [2.45, 2.75) is 43.9 Å². The Labute approximate surface area is 153 Å². The highest BCUT2D eigenvalue weighted by molar-refractivity contribution is 5.85. The summed E-state index contributed by atoms with van der Waals surface area (Å²) in [6.07, 6.45) is 9.42. The first-order valence-electron chi connectivity index (χ1n) is 9.93. The Morgan fingerprint density at radius 1 is 1.00 bits per heavy atom. The minimum atomic E-state index is 0.374. The summed E-state index contributed by atoms with van der Waals surface area (Å²) in [5, 5.41) is 1.43. The van der Waals surface area contributed by atoms with Crippen LogP contribution in [0.25, 0.3) is 10.9 Å². The Morgan fingerprint density at radius 3 is 2.88 bits per heavy atom. The van der Waals surface area contributed by atoms with Gasteiger partial charge in [-0.3, -0.25) is 14.8 Å². The molecule has 5 heterocycles. The molecule has 132 valence electrons. The lowest BCUT2D eigenvalue weighted by Crippen LogP contribution is -2.38. The van der Waals surface area contributed by atoms with Gasteiger partial charge in [0.2, 0.25) is 0 Å². The van der Waals surface area contributed by atoms with Crippen LogP contribution in [0.2, 0.25) is 0 Å². The molecule has 0 aliphatic carbocycles. The summed E-state index contributed by atoms with van der Waals surface area (Å²) in [7, 11) is 0. The highest BCUT2D eigenvalue weighted by Crippen LogP contribution is 2.51. The average molecular weight is 344 g/mol. The maximum atomic E-state index is 4.42. The van der Waals surface area contributed by atoms with E-state index in [0.29, 0.717) is 18.2 Å². The first-order chi connectivity index (χ1) is 12.9. The second-order valence-corrected chi connectivity index (χ2v) is 7.96. The number of para-hydroxylation sites is 1. The fraction of sp³-hybridized carbons (Fsp3) is 0.409. The molecule has 2 unspecified atom stereocenters. The fourth-order valence-corrected chi connectivity index (χ4v) is 5.70. The van der Waals surface area contributed by atoms with E-state index in [1.54, 1.807) is 5.56 Å². The quantitative estimate of drug-likeness (QED) is 0.724. The molecule has 1 aromatic carbocycles. The summed E-state index contributed by atoms with van der Waals surface area (Å²) in [4.78, 5) is 13.7. The molecule has 0 saturated carbocycles. The summed E-state index contributed by atoms with van der Waals surface area (Å²) in [6, 6.07) is 14.3. The Balaban J connectivity index is 1.51. The summed E-state index contributed by atoms with van der Waals surface area (Å²) in [5.41, 5.74) is 5.67. The van der Waals surface area contributed by atoms with Crippen LogP contribution in [0, 0.1) is 0 Å². The van der Waals surface area contributed by atoms with Crippen molar-refractivity contribution < 1.29 is 0 Å². The van der Waals surface area contributed by atoms with Crippen LogP contribution >= 0.6 is 0 Å². The molecule has 2 saturated heterocycles. The van der Waals surface area contributed by atoms with Crippen LogP contribution in [0.1, 0.15) is 48.3 Å². The molecule has 2 aromatic heterocycles. The molecule has 1 N–H and O–H groups in total. The monoisotopic (exact) mass is 344 g/mol. The summed E-state index contributed by atoms with van der Waals surface area (Å²) >= 11 is 0. The predicted octanol–water partition coefficient (Wildman–Crippen LogP) is 4.03. The zero-order valence-corrected chi connectivity index (χ0v) is 14.9. The lowest BCUT2D eigenvalue weighted by molar-refractivity contribution is 0.0975. The number of benzene rings is 1. The topological polar surface area (TPSA) is 35.2 Å². The zero-order chi connectivity index (χ0) is 17.1. The van der Waals surface area contributed by atoms with Gasteiger partial charge in [-0.1, -0.05) is 30.7 Å². The number of hydrogen-bond donors (Lipinski definition) is 1. The molecule has 3 aliphatic heterocycles. The smallest absolute Gasteiger partial charge is 0.0910 e. The number of piperidine rings is 1. The van der Waals surface area contributed by atoms with Gasteiger partial charge in [0.15, 0.2) is 0 Å². The number of aromatic nitrogens is 2. The molecule has 3 aliphatic rings. The van der Waals surface area contributed by atoms with Gasteiger partial charge in [0.05, 0.1) is 12.2 Å². The third kappa shape index (κ3) is 2.00. The molecule has 26 heavy (non-hydrogen) atoms. The number of H-pyrrole nitrogens is 1. The first-order valence-corrected chi connectivity index (χ1v) is 9.93. The van der Waals surface area contributed by atoms with E-state index in [9.17, 15) is 0 Å². The molecule has 2 fully saturated rings. The molecular weight excluding hydrogens is 320 g/mol. The Bertz CT molecular complexity index is 947. The maximum Gasteiger partial charge on any atom is 0.0910 e. The second-order valence-electron chi connectivity index (χ2n) is 7.96. The number of fused-ring (bicyclic) bond motifs is 7. The van der Waals surface area contributed by atoms with Crippen LogP contribution in [0.5, 0.6) is 0 Å². The number of hydrogen-bond acceptors (Lipinski definition) is 3. The number of aromatic amines is 1. The van der Waals surface area contributed by atoms with E-state index in [0.717, 1.165) is 13.0 Å². The third-order valence-corrected chi connectivity index (χ3v) is 6.69. The van der Waals surface area contributed by atoms with E-state index in [2.05, 4.69) is 62.4 Å². The van der Waals surface area contributed by atoms with E-state index in [4.69, 9.17) is 0 Å². The van der Waals surface area contributed by atoms with Crippen molar-refractivity contribution in [1.82, 2.24) is 19.8 Å². The zero-order valence-electron chi connectivity index (χ0n) is 14.9. The van der Waals surface area contributed by atoms with E-state index in [-0.39, 0.29) is 0 Å². The molecule has 3 atom stereocenters. The molecule has 4 heteroatoms. The molecule has 6 rings (SSSR count). The number of nitrogens with zero attached hydrogens (tertiary/aromatic N) is 3. The summed E-state index contributed by atoms with van der Waals surface area (Å²) in [6.45, 7) is 2.33. The first kappa shape index (κ1) is 14.9. The van der Waals surface area contributed by atoms with Crippen LogP contribution in [0.4, 0.5) is 0 Å². The normalized spacial score (nSPS) is 28.7. The predicted molar refractivity (Wildman–Crippen MR) is 103 cm³/mol. The van der Waals surface area contributed by atoms with Crippen LogP contribution in [0.3, 0.4) is 0 Å². The standard InChI is InChI=1S/C22H24N4/c1-2-8-18-16(7-1)17-10-13-26-21(20(17)24-18)19-9-3-4-12-25(19)22(26)15-6-5-11-23-14-15/h1-2,5-8,11,14,19,21-22,24H,3-4,9-10,12-13H2/t19?,21-,22?/m1/s1. The second kappa shape index (κ2) is 5.66. The Hall–Kier alpha value is -2.17. The van der Waals surface area contributed by atoms with Gasteiger partial charge in [0.1, 0.15) is 0 Å². The van der Waals surface area contributed by atoms with E-state index < -0.39 is 0 Å². The van der Waals surface area contributed by atoms with Gasteiger partial charge in [0.25, 0.3) is 0 Å². The van der Waals surface area contributed by atoms with E-state index >= 15 is 0 Å². The van der Waals surface area contributed by atoms with Crippen molar-refractivity contribution in [1.29, 1.82) is 0 Å². The molecular formula is C22H24N4. The third-order valence-electron chi connectivity index (χ3n) is 6.69. The van der Waals surface area contributed by atoms with Crippen molar-refractivity contribution in [3.05, 3.63) is 65.6 Å². The van der Waals surface area contributed by atoms with Gasteiger partial charge in [-0.05, 0) is 37.0 Å². The summed E-state index contributed by atoms with van der Waals surface area (Å²) < 4.78 is 0. The summed E-state index contributed by atoms with van der Waals surface area (Å²) in [5.74, 6) is 0. The van der Waals surface area contributed by atoms with Gasteiger partial charge in [0, 0.05) is 53.7 Å². The van der Waals surface area contributed by atoms with Crippen LogP contribution in [-0.4, -0.2) is 38.9 Å². The van der Waals surface area contributed by atoms with Gasteiger partial charge >= 0.3 is 0 Å². The lowest BCUT2D eigenvalue weighted by atomic mass is 9.90. The molecule has 0 radical (unpaired) electrons. The fourth-order valence-electron chi connectivity index (χ4n) is 5.70. The minimum Gasteiger partial charge on any atom is -0.357 e. The van der Waals surface area contributed by atoms with E-state index in [1.165, 1.54) is 48.0 Å². The number of rotatable bonds is 1. The Kier molecular flexibility index (Phi) is 3.25. The van der Waals surface area contributed by atoms with Gasteiger partial charge in [-0.15, -0.1) is 0 Å². The Morgan fingerprint density at radius 2 is 1.96 bits per heavy atom. The van der Waals surface area contributed by atoms with Gasteiger partial charge in [-0.2, -0.15) is 0 Å². The molecule has 0 spiro atoms. The van der Waals surface area contributed by atoms with Crippen molar-refractivity contribution in [2.24, 2.45) is 0 Å². The number of nitrogens with one attached hydrogen (secondary N) is 1. The van der Waals surface area contributed by atoms with Crippen molar-refractivity contribution in [3.63, 3.8) is 0 Å². The van der Waals surface area contributed by atoms with Crippen molar-refractivity contribution in [2.75, 3.05) is 13.1 Å². The number of pyridine rings is 1. The van der Waals surface area contributed by atoms with Crippen LogP contribution in [-0.2, 0) is 6.42 Å². The molecule has 0 amide bonds. The largest absolute Gasteiger partial charge is 0.357 e. The van der Waals surface area contributed by atoms with E-state index in [1.807, 2.05) is 6.20 Å². The SMILES string of the molecule is c1cncc(C2N3CCCCC3[C@@H]3c4[nH]c5ccccc5c4CCN23)c1. The van der Waals surface area contributed by atoms with Crippen molar-refractivity contribution >= 4 is 10.9 Å². The van der Waals surface area contributed by atoms with Gasteiger partial charge in [-0.25, -0.2) is 0 Å². The van der Waals surface area contributed by atoms with Crippen LogP contribution < -0.4 is 0 Å². The maximum absolute atomic E-state index is 4.42.